The van der Waals surface area contributed by atoms with Crippen molar-refractivity contribution in [1.29, 1.82) is 0 Å². The van der Waals surface area contributed by atoms with Gasteiger partial charge in [-0.25, -0.2) is 4.79 Å². The van der Waals surface area contributed by atoms with E-state index in [9.17, 15) is 9.59 Å². The minimum atomic E-state index is -0.183. The number of esters is 1. The van der Waals surface area contributed by atoms with Crippen LogP contribution in [0.5, 0.6) is 0 Å². The first kappa shape index (κ1) is 16.8. The largest absolute Gasteiger partial charge is 0.466 e. The molecule has 0 aromatic heterocycles. The van der Waals surface area contributed by atoms with E-state index in [-0.39, 0.29) is 17.9 Å². The second-order valence-corrected chi connectivity index (χ2v) is 6.36. The molecule has 2 amide bonds. The zero-order chi connectivity index (χ0) is 15.9. The highest BCUT2D eigenvalue weighted by molar-refractivity contribution is 5.78. The van der Waals surface area contributed by atoms with E-state index < -0.39 is 0 Å². The normalized spacial score (nSPS) is 23.5. The van der Waals surface area contributed by atoms with E-state index in [4.69, 9.17) is 4.74 Å². The minimum Gasteiger partial charge on any atom is -0.466 e. The first-order valence-corrected chi connectivity index (χ1v) is 8.50. The number of nitrogens with one attached hydrogen (secondary N) is 1. The lowest BCUT2D eigenvalue weighted by atomic mass is 9.98. The van der Waals surface area contributed by atoms with Gasteiger partial charge in [0.1, 0.15) is 0 Å². The molecule has 0 radical (unpaired) electrons. The van der Waals surface area contributed by atoms with Gasteiger partial charge in [-0.2, -0.15) is 0 Å². The van der Waals surface area contributed by atoms with Crippen LogP contribution in [0.25, 0.3) is 0 Å². The zero-order valence-electron chi connectivity index (χ0n) is 13.8. The third-order valence-corrected chi connectivity index (χ3v) is 4.75. The van der Waals surface area contributed by atoms with Gasteiger partial charge in [0.2, 0.25) is 0 Å². The van der Waals surface area contributed by atoms with Crippen molar-refractivity contribution < 1.29 is 14.3 Å². The maximum Gasteiger partial charge on any atom is 0.321 e. The van der Waals surface area contributed by atoms with Gasteiger partial charge in [0, 0.05) is 19.3 Å². The van der Waals surface area contributed by atoms with E-state index in [2.05, 4.69) is 12.2 Å². The van der Waals surface area contributed by atoms with Crippen LogP contribution >= 0.6 is 0 Å². The lowest BCUT2D eigenvalue weighted by Crippen LogP contribution is -2.46. The molecule has 5 heteroatoms. The van der Waals surface area contributed by atoms with Crippen LogP contribution in [0.2, 0.25) is 0 Å². The summed E-state index contributed by atoms with van der Waals surface area (Å²) in [6.07, 6.45) is 8.54. The molecule has 1 heterocycles. The Bertz CT molecular complexity index is 428. The Morgan fingerprint density at radius 2 is 1.86 bits per heavy atom. The van der Waals surface area contributed by atoms with Crippen LogP contribution < -0.4 is 5.32 Å². The molecule has 0 bridgehead atoms. The number of allylic oxidation sites excluding steroid dienone is 1. The van der Waals surface area contributed by atoms with Gasteiger partial charge >= 0.3 is 12.0 Å². The molecule has 1 saturated carbocycles. The predicted octanol–water partition coefficient (Wildman–Crippen LogP) is 3.07. The van der Waals surface area contributed by atoms with Crippen LogP contribution in [0.15, 0.2) is 11.8 Å². The molecule has 1 saturated heterocycles. The number of hydrogen-bond acceptors (Lipinski definition) is 3. The second kappa shape index (κ2) is 8.20. The summed E-state index contributed by atoms with van der Waals surface area (Å²) in [6, 6.07) is -0.105. The van der Waals surface area contributed by atoms with Gasteiger partial charge in [-0.1, -0.05) is 18.4 Å². The highest BCUT2D eigenvalue weighted by Gasteiger charge is 2.29. The summed E-state index contributed by atoms with van der Waals surface area (Å²) in [4.78, 5) is 25.8. The van der Waals surface area contributed by atoms with Crippen LogP contribution in [-0.2, 0) is 9.53 Å². The van der Waals surface area contributed by atoms with Crippen molar-refractivity contribution >= 4 is 12.0 Å². The summed E-state index contributed by atoms with van der Waals surface area (Å²) in [5.74, 6) is 0.256. The first-order chi connectivity index (χ1) is 10.6. The number of likely N-dealkylation sites (tertiary alicyclic amines) is 1. The van der Waals surface area contributed by atoms with E-state index in [0.29, 0.717) is 25.6 Å². The first-order valence-electron chi connectivity index (χ1n) is 8.50. The van der Waals surface area contributed by atoms with Gasteiger partial charge in [0.25, 0.3) is 0 Å². The Kier molecular flexibility index (Phi) is 6.28. The highest BCUT2D eigenvalue weighted by atomic mass is 16.5. The van der Waals surface area contributed by atoms with Crippen LogP contribution in [0.1, 0.15) is 52.4 Å². The van der Waals surface area contributed by atoms with Crippen molar-refractivity contribution in [1.82, 2.24) is 10.2 Å². The summed E-state index contributed by atoms with van der Waals surface area (Å²) in [5.41, 5.74) is 1.25. The SMILES string of the molecule is CCOC(=O)C1CCCN(C(=O)N/C=C(\C)C2CCCC2)C1. The zero-order valence-corrected chi connectivity index (χ0v) is 13.8. The Balaban J connectivity index is 1.83. The molecule has 0 aromatic rings. The summed E-state index contributed by atoms with van der Waals surface area (Å²) in [6.45, 7) is 5.46. The summed E-state index contributed by atoms with van der Waals surface area (Å²) >= 11 is 0. The Morgan fingerprint density at radius 1 is 1.18 bits per heavy atom. The monoisotopic (exact) mass is 308 g/mol. The maximum absolute atomic E-state index is 12.3. The van der Waals surface area contributed by atoms with Gasteiger partial charge in [0.05, 0.1) is 12.5 Å². The number of urea groups is 1. The van der Waals surface area contributed by atoms with Gasteiger partial charge in [-0.05, 0) is 45.4 Å². The fraction of sp³-hybridized carbons (Fsp3) is 0.765. The summed E-state index contributed by atoms with van der Waals surface area (Å²) < 4.78 is 5.07. The number of piperidine rings is 1. The fourth-order valence-corrected chi connectivity index (χ4v) is 3.38. The van der Waals surface area contributed by atoms with Crippen LogP contribution in [-0.4, -0.2) is 36.6 Å². The Hall–Kier alpha value is -1.52. The number of carbonyl (C=O) groups excluding carboxylic acids is 2. The lowest BCUT2D eigenvalue weighted by molar-refractivity contribution is -0.149. The van der Waals surface area contributed by atoms with E-state index in [1.165, 1.54) is 31.3 Å². The van der Waals surface area contributed by atoms with Crippen molar-refractivity contribution in [3.05, 3.63) is 11.8 Å². The average molecular weight is 308 g/mol. The molecule has 1 atom stereocenters. The maximum atomic E-state index is 12.3. The van der Waals surface area contributed by atoms with Crippen LogP contribution in [0.3, 0.4) is 0 Å². The number of rotatable bonds is 4. The molecular formula is C17H28N2O3. The molecule has 0 spiro atoms. The molecule has 5 nitrogen and oxygen atoms in total. The molecule has 2 fully saturated rings. The van der Waals surface area contributed by atoms with Crippen molar-refractivity contribution in [3.63, 3.8) is 0 Å². The summed E-state index contributed by atoms with van der Waals surface area (Å²) in [7, 11) is 0. The van der Waals surface area contributed by atoms with E-state index in [1.807, 2.05) is 13.1 Å². The van der Waals surface area contributed by atoms with Crippen molar-refractivity contribution in [2.45, 2.75) is 52.4 Å². The standard InChI is InChI=1S/C17H28N2O3/c1-3-22-16(20)15-9-6-10-19(12-15)17(21)18-11-13(2)14-7-4-5-8-14/h11,14-15H,3-10,12H2,1-2H3,(H,18,21)/b13-11+. The van der Waals surface area contributed by atoms with Gasteiger partial charge in [-0.3, -0.25) is 4.79 Å². The molecule has 124 valence electrons. The van der Waals surface area contributed by atoms with E-state index >= 15 is 0 Å². The van der Waals surface area contributed by atoms with Crippen molar-refractivity contribution in [3.8, 4) is 0 Å². The van der Waals surface area contributed by atoms with Gasteiger partial charge < -0.3 is 15.0 Å². The molecule has 1 aliphatic heterocycles. The predicted molar refractivity (Wildman–Crippen MR) is 85.2 cm³/mol. The fourth-order valence-electron chi connectivity index (χ4n) is 3.38. The van der Waals surface area contributed by atoms with Crippen LogP contribution in [0.4, 0.5) is 4.79 Å². The lowest BCUT2D eigenvalue weighted by Gasteiger charge is -2.31. The van der Waals surface area contributed by atoms with Crippen LogP contribution in [0, 0.1) is 11.8 Å². The minimum absolute atomic E-state index is 0.105. The summed E-state index contributed by atoms with van der Waals surface area (Å²) in [5, 5.41) is 2.89. The topological polar surface area (TPSA) is 58.6 Å². The number of ether oxygens (including phenoxy) is 1. The number of carbonyl (C=O) groups is 2. The molecule has 1 aliphatic carbocycles. The van der Waals surface area contributed by atoms with Crippen molar-refractivity contribution in [2.24, 2.45) is 11.8 Å². The molecular weight excluding hydrogens is 280 g/mol. The highest BCUT2D eigenvalue weighted by Crippen LogP contribution is 2.30. The van der Waals surface area contributed by atoms with E-state index in [0.717, 1.165) is 12.8 Å². The molecule has 1 N–H and O–H groups in total. The quantitative estimate of drug-likeness (QED) is 0.812. The number of hydrogen-bond donors (Lipinski definition) is 1. The number of amides is 2. The molecule has 0 aromatic carbocycles. The second-order valence-electron chi connectivity index (χ2n) is 6.36. The number of nitrogens with zero attached hydrogens (tertiary/aromatic N) is 1. The molecule has 2 aliphatic rings. The molecule has 22 heavy (non-hydrogen) atoms. The average Bonchev–Trinajstić information content (AvgIpc) is 3.07. The Labute approximate surface area is 133 Å². The van der Waals surface area contributed by atoms with Gasteiger partial charge in [-0.15, -0.1) is 0 Å². The smallest absolute Gasteiger partial charge is 0.321 e. The van der Waals surface area contributed by atoms with Crippen molar-refractivity contribution in [2.75, 3.05) is 19.7 Å². The molecule has 2 rings (SSSR count). The molecule has 1 unspecified atom stereocenters. The van der Waals surface area contributed by atoms with Gasteiger partial charge in [0.15, 0.2) is 0 Å². The van der Waals surface area contributed by atoms with E-state index in [1.54, 1.807) is 4.90 Å². The third-order valence-electron chi connectivity index (χ3n) is 4.75. The Morgan fingerprint density at radius 3 is 2.55 bits per heavy atom. The third kappa shape index (κ3) is 4.49.